The fraction of sp³-hybridized carbons (Fsp3) is 0.500. The van der Waals surface area contributed by atoms with Crippen LogP contribution in [0.25, 0.3) is 0 Å². The van der Waals surface area contributed by atoms with Gasteiger partial charge in [-0.3, -0.25) is 9.59 Å². The van der Waals surface area contributed by atoms with Crippen molar-refractivity contribution in [2.24, 2.45) is 5.92 Å². The Balaban J connectivity index is 1.72. The number of carbonyl (C=O) groups is 2. The van der Waals surface area contributed by atoms with E-state index in [1.165, 1.54) is 0 Å². The van der Waals surface area contributed by atoms with E-state index in [9.17, 15) is 9.59 Å². The van der Waals surface area contributed by atoms with E-state index >= 15 is 0 Å². The molecule has 2 unspecified atom stereocenters. The Kier molecular flexibility index (Phi) is 5.77. The molecule has 6 heteroatoms. The van der Waals surface area contributed by atoms with Gasteiger partial charge in [0.05, 0.1) is 18.6 Å². The van der Waals surface area contributed by atoms with Crippen LogP contribution in [0.2, 0.25) is 0 Å². The minimum Gasteiger partial charge on any atom is -0.494 e. The molecule has 0 aliphatic heterocycles. The highest BCUT2D eigenvalue weighted by molar-refractivity contribution is 5.94. The normalized spacial score (nSPS) is 19.5. The minimum atomic E-state index is -0.827. The fourth-order valence-corrected chi connectivity index (χ4v) is 2.13. The molecular weight excluding hydrogens is 286 g/mol. The lowest BCUT2D eigenvalue weighted by Gasteiger charge is -2.08. The van der Waals surface area contributed by atoms with Crippen LogP contribution in [-0.2, 0) is 14.3 Å². The molecule has 1 aromatic carbocycles. The van der Waals surface area contributed by atoms with Crippen LogP contribution in [0.15, 0.2) is 24.3 Å². The van der Waals surface area contributed by atoms with Gasteiger partial charge in [0.2, 0.25) is 5.91 Å². The van der Waals surface area contributed by atoms with Crippen molar-refractivity contribution in [3.63, 3.8) is 0 Å². The summed E-state index contributed by atoms with van der Waals surface area (Å²) in [6.07, 6.45) is 1.40. The molecule has 0 heterocycles. The Bertz CT molecular complexity index is 514. The third-order valence-corrected chi connectivity index (χ3v) is 3.37. The maximum absolute atomic E-state index is 11.9. The second-order valence-electron chi connectivity index (χ2n) is 5.20. The molecule has 0 bridgehead atoms. The van der Waals surface area contributed by atoms with Gasteiger partial charge in [0.25, 0.3) is 0 Å². The highest BCUT2D eigenvalue weighted by Gasteiger charge is 2.43. The lowest BCUT2D eigenvalue weighted by Crippen LogP contribution is -2.16. The molecule has 2 N–H and O–H groups in total. The second kappa shape index (κ2) is 7.79. The number of hydrogen-bond donors (Lipinski definition) is 2. The van der Waals surface area contributed by atoms with E-state index in [1.807, 2.05) is 6.92 Å². The molecule has 0 saturated heterocycles. The van der Waals surface area contributed by atoms with Crippen LogP contribution in [0.3, 0.4) is 0 Å². The van der Waals surface area contributed by atoms with E-state index < -0.39 is 5.97 Å². The van der Waals surface area contributed by atoms with Crippen LogP contribution < -0.4 is 10.1 Å². The van der Waals surface area contributed by atoms with Gasteiger partial charge in [-0.2, -0.15) is 0 Å². The number of carboxylic acid groups (broad SMARTS) is 1. The Labute approximate surface area is 129 Å². The predicted octanol–water partition coefficient (Wildman–Crippen LogP) is 2.29. The molecule has 2 atom stereocenters. The van der Waals surface area contributed by atoms with Gasteiger partial charge in [-0.25, -0.2) is 0 Å². The summed E-state index contributed by atoms with van der Waals surface area (Å²) in [5.74, 6) is -0.241. The summed E-state index contributed by atoms with van der Waals surface area (Å²) in [7, 11) is 0. The number of hydrogen-bond acceptors (Lipinski definition) is 4. The summed E-state index contributed by atoms with van der Waals surface area (Å²) in [5.41, 5.74) is 0.713. The van der Waals surface area contributed by atoms with Crippen LogP contribution in [-0.4, -0.2) is 36.3 Å². The van der Waals surface area contributed by atoms with Crippen molar-refractivity contribution in [1.82, 2.24) is 0 Å². The molecule has 1 saturated carbocycles. The second-order valence-corrected chi connectivity index (χ2v) is 5.20. The molecule has 1 fully saturated rings. The van der Waals surface area contributed by atoms with Crippen molar-refractivity contribution in [3.8, 4) is 5.75 Å². The summed E-state index contributed by atoms with van der Waals surface area (Å²) in [4.78, 5) is 22.3. The molecule has 0 spiro atoms. The van der Waals surface area contributed by atoms with Gasteiger partial charge in [-0.05, 0) is 44.0 Å². The quantitative estimate of drug-likeness (QED) is 0.684. The average molecular weight is 307 g/mol. The van der Waals surface area contributed by atoms with Crippen molar-refractivity contribution < 1.29 is 24.2 Å². The number of carboxylic acids is 1. The van der Waals surface area contributed by atoms with Gasteiger partial charge in [0.15, 0.2) is 0 Å². The Hall–Kier alpha value is -2.08. The molecule has 2 rings (SSSR count). The summed E-state index contributed by atoms with van der Waals surface area (Å²) in [6, 6.07) is 7.04. The molecule has 120 valence electrons. The average Bonchev–Trinajstić information content (AvgIpc) is 3.25. The van der Waals surface area contributed by atoms with Gasteiger partial charge in [0, 0.05) is 18.7 Å². The van der Waals surface area contributed by atoms with E-state index in [2.05, 4.69) is 5.32 Å². The lowest BCUT2D eigenvalue weighted by atomic mass is 10.3. The smallest absolute Gasteiger partial charge is 0.303 e. The topological polar surface area (TPSA) is 84.9 Å². The van der Waals surface area contributed by atoms with Crippen LogP contribution in [0.5, 0.6) is 5.75 Å². The highest BCUT2D eigenvalue weighted by Crippen LogP contribution is 2.34. The van der Waals surface area contributed by atoms with Crippen molar-refractivity contribution in [1.29, 1.82) is 0 Å². The first-order chi connectivity index (χ1) is 10.6. The van der Waals surface area contributed by atoms with Crippen LogP contribution in [0, 0.1) is 5.92 Å². The van der Waals surface area contributed by atoms with Crippen molar-refractivity contribution >= 4 is 17.6 Å². The van der Waals surface area contributed by atoms with E-state index in [1.54, 1.807) is 24.3 Å². The number of amides is 1. The Morgan fingerprint density at radius 2 is 2.05 bits per heavy atom. The molecule has 0 radical (unpaired) electrons. The van der Waals surface area contributed by atoms with Gasteiger partial charge >= 0.3 is 5.97 Å². The summed E-state index contributed by atoms with van der Waals surface area (Å²) >= 11 is 0. The number of rotatable bonds is 9. The van der Waals surface area contributed by atoms with Gasteiger partial charge in [0.1, 0.15) is 5.75 Å². The van der Waals surface area contributed by atoms with Crippen molar-refractivity contribution in [2.75, 3.05) is 18.5 Å². The number of aliphatic carboxylic acids is 1. The van der Waals surface area contributed by atoms with E-state index in [0.29, 0.717) is 31.1 Å². The first-order valence-corrected chi connectivity index (χ1v) is 7.47. The largest absolute Gasteiger partial charge is 0.494 e. The molecule has 1 aliphatic rings. The van der Waals surface area contributed by atoms with E-state index in [-0.39, 0.29) is 24.3 Å². The van der Waals surface area contributed by atoms with Crippen molar-refractivity contribution in [2.45, 2.75) is 32.3 Å². The SMILES string of the molecule is CCOC1CC1C(=O)Nc1ccc(OCCCC(=O)O)cc1. The predicted molar refractivity (Wildman–Crippen MR) is 81.0 cm³/mol. The molecule has 6 nitrogen and oxygen atoms in total. The third-order valence-electron chi connectivity index (χ3n) is 3.37. The maximum atomic E-state index is 11.9. The molecule has 1 aromatic rings. The lowest BCUT2D eigenvalue weighted by molar-refractivity contribution is -0.137. The van der Waals surface area contributed by atoms with Crippen molar-refractivity contribution in [3.05, 3.63) is 24.3 Å². The summed E-state index contributed by atoms with van der Waals surface area (Å²) < 4.78 is 10.8. The first-order valence-electron chi connectivity index (χ1n) is 7.47. The number of ether oxygens (including phenoxy) is 2. The van der Waals surface area contributed by atoms with Gasteiger partial charge in [-0.1, -0.05) is 0 Å². The first kappa shape index (κ1) is 16.3. The monoisotopic (exact) mass is 307 g/mol. The minimum absolute atomic E-state index is 0.0198. The van der Waals surface area contributed by atoms with E-state index in [4.69, 9.17) is 14.6 Å². The summed E-state index contributed by atoms with van der Waals surface area (Å²) in [5, 5.41) is 11.4. The highest BCUT2D eigenvalue weighted by atomic mass is 16.5. The van der Waals surface area contributed by atoms with E-state index in [0.717, 1.165) is 6.42 Å². The summed E-state index contributed by atoms with van der Waals surface area (Å²) in [6.45, 7) is 2.90. The van der Waals surface area contributed by atoms with Crippen LogP contribution >= 0.6 is 0 Å². The molecular formula is C16H21NO5. The van der Waals surface area contributed by atoms with Gasteiger partial charge < -0.3 is 19.9 Å². The maximum Gasteiger partial charge on any atom is 0.303 e. The van der Waals surface area contributed by atoms with Gasteiger partial charge in [-0.15, -0.1) is 0 Å². The number of anilines is 1. The third kappa shape index (κ3) is 5.04. The zero-order chi connectivity index (χ0) is 15.9. The number of benzene rings is 1. The Morgan fingerprint density at radius 3 is 2.68 bits per heavy atom. The molecule has 0 aromatic heterocycles. The molecule has 22 heavy (non-hydrogen) atoms. The number of carbonyl (C=O) groups excluding carboxylic acids is 1. The molecule has 1 amide bonds. The fourth-order valence-electron chi connectivity index (χ4n) is 2.13. The van der Waals surface area contributed by atoms with Crippen LogP contribution in [0.1, 0.15) is 26.2 Å². The molecule has 1 aliphatic carbocycles. The number of nitrogens with one attached hydrogen (secondary N) is 1. The Morgan fingerprint density at radius 1 is 1.32 bits per heavy atom. The standard InChI is InChI=1S/C16H21NO5/c1-2-21-14-10-13(14)16(20)17-11-5-7-12(8-6-11)22-9-3-4-15(18)19/h5-8,13-14H,2-4,9-10H2,1H3,(H,17,20)(H,18,19). The zero-order valence-electron chi connectivity index (χ0n) is 12.6. The zero-order valence-corrected chi connectivity index (χ0v) is 12.6. The van der Waals surface area contributed by atoms with Crippen LogP contribution in [0.4, 0.5) is 5.69 Å².